The van der Waals surface area contributed by atoms with E-state index in [1.165, 1.54) is 154 Å². The molecule has 1 amide bonds. The van der Waals surface area contributed by atoms with Crippen molar-refractivity contribution in [2.75, 3.05) is 19.8 Å². The van der Waals surface area contributed by atoms with E-state index in [0.717, 1.165) is 65.6 Å². The lowest BCUT2D eigenvalue weighted by atomic mass is 9.97. The third-order valence-electron chi connectivity index (χ3n) is 12.7. The van der Waals surface area contributed by atoms with Crippen LogP contribution in [-0.2, 0) is 0 Å². The molecule has 4 aromatic carbocycles. The molecule has 0 heterocycles. The number of carbonyl (C=O) groups excluding carboxylic acids is 1. The summed E-state index contributed by atoms with van der Waals surface area (Å²) in [7, 11) is 0. The molecule has 64 heavy (non-hydrogen) atoms. The number of hydrazone groups is 1. The minimum absolute atomic E-state index is 0.311. The maximum Gasteiger partial charge on any atom is 0.271 e. The average molecular weight is 877 g/mol. The number of amides is 1. The number of ether oxygens (including phenoxy) is 3. The molecular weight excluding hydrogens is 789 g/mol. The van der Waals surface area contributed by atoms with Gasteiger partial charge in [0.1, 0.15) is 0 Å². The molecule has 6 nitrogen and oxygen atoms in total. The summed E-state index contributed by atoms with van der Waals surface area (Å²) in [6.45, 7) is 8.56. The van der Waals surface area contributed by atoms with E-state index in [-0.39, 0.29) is 5.91 Å². The Morgan fingerprint density at radius 1 is 0.453 bits per heavy atom. The highest BCUT2D eigenvalue weighted by molar-refractivity contribution is 6.13. The van der Waals surface area contributed by atoms with Gasteiger partial charge in [0.2, 0.25) is 5.75 Å². The molecule has 0 atom stereocenters. The van der Waals surface area contributed by atoms with E-state index in [1.807, 2.05) is 24.3 Å². The van der Waals surface area contributed by atoms with Crippen molar-refractivity contribution in [3.63, 3.8) is 0 Å². The summed E-state index contributed by atoms with van der Waals surface area (Å²) in [4.78, 5) is 14.0. The summed E-state index contributed by atoms with van der Waals surface area (Å²) in [6, 6.07) is 22.5. The van der Waals surface area contributed by atoms with Gasteiger partial charge >= 0.3 is 0 Å². The monoisotopic (exact) mass is 877 g/mol. The van der Waals surface area contributed by atoms with E-state index < -0.39 is 0 Å². The maximum atomic E-state index is 14.0. The summed E-state index contributed by atoms with van der Waals surface area (Å²) < 4.78 is 19.7. The molecule has 4 aromatic rings. The molecule has 0 bridgehead atoms. The van der Waals surface area contributed by atoms with E-state index in [0.29, 0.717) is 42.6 Å². The van der Waals surface area contributed by atoms with Crippen molar-refractivity contribution in [2.45, 2.75) is 213 Å². The highest BCUT2D eigenvalue weighted by Gasteiger charge is 2.19. The predicted octanol–water partition coefficient (Wildman–Crippen LogP) is 17.7. The van der Waals surface area contributed by atoms with Crippen molar-refractivity contribution in [2.24, 2.45) is 5.10 Å². The highest BCUT2D eigenvalue weighted by atomic mass is 16.5. The van der Waals surface area contributed by atoms with Crippen molar-refractivity contribution in [3.05, 3.63) is 77.9 Å². The van der Waals surface area contributed by atoms with Crippen LogP contribution in [0.3, 0.4) is 0 Å². The van der Waals surface area contributed by atoms with Gasteiger partial charge in [0.05, 0.1) is 26.0 Å². The van der Waals surface area contributed by atoms with Crippen LogP contribution in [0.2, 0.25) is 0 Å². The van der Waals surface area contributed by atoms with Crippen LogP contribution in [0.1, 0.15) is 229 Å². The van der Waals surface area contributed by atoms with Crippen LogP contribution in [-0.4, -0.2) is 31.9 Å². The Morgan fingerprint density at radius 3 is 1.19 bits per heavy atom. The smallest absolute Gasteiger partial charge is 0.271 e. The number of fused-ring (bicyclic) bond motifs is 2. The van der Waals surface area contributed by atoms with Crippen LogP contribution >= 0.6 is 0 Å². The fraction of sp³-hybridized carbons (Fsp3) is 0.621. The van der Waals surface area contributed by atoms with Gasteiger partial charge in [0.25, 0.3) is 5.91 Å². The zero-order valence-electron chi connectivity index (χ0n) is 40.8. The topological polar surface area (TPSA) is 69.2 Å². The Hall–Kier alpha value is -4.06. The van der Waals surface area contributed by atoms with Crippen molar-refractivity contribution >= 4 is 33.7 Å². The normalized spacial score (nSPS) is 11.5. The lowest BCUT2D eigenvalue weighted by Crippen LogP contribution is -2.18. The first-order valence-electron chi connectivity index (χ1n) is 26.5. The van der Waals surface area contributed by atoms with Gasteiger partial charge in [0, 0.05) is 11.1 Å². The second kappa shape index (κ2) is 34.3. The van der Waals surface area contributed by atoms with E-state index >= 15 is 0 Å². The molecule has 4 rings (SSSR count). The number of hydrogen-bond donors (Lipinski definition) is 1. The maximum absolute atomic E-state index is 14.0. The highest BCUT2D eigenvalue weighted by Crippen LogP contribution is 2.40. The first kappa shape index (κ1) is 52.6. The molecule has 0 aliphatic carbocycles. The zero-order chi connectivity index (χ0) is 45.1. The number of carbonyl (C=O) groups is 1. The van der Waals surface area contributed by atoms with Crippen molar-refractivity contribution in [1.82, 2.24) is 5.43 Å². The van der Waals surface area contributed by atoms with Crippen molar-refractivity contribution < 1.29 is 19.0 Å². The van der Waals surface area contributed by atoms with E-state index in [9.17, 15) is 4.79 Å². The van der Waals surface area contributed by atoms with Crippen LogP contribution in [0.25, 0.3) is 21.5 Å². The molecule has 6 heteroatoms. The summed E-state index contributed by atoms with van der Waals surface area (Å²) in [5, 5.41) is 8.99. The first-order chi connectivity index (χ1) is 31.7. The SMILES string of the molecule is CCCCCCCCCCCCOc1cc(C(=O)N/N=C/c2c3ccccc3cc3ccccc23)cc(OCCCCCCCCCCCC)c1OCCCCCCCCCCCC. The van der Waals surface area contributed by atoms with Gasteiger partial charge in [-0.1, -0.05) is 243 Å². The Balaban J connectivity index is 1.45. The molecule has 0 aliphatic rings. The van der Waals surface area contributed by atoms with Crippen molar-refractivity contribution in [3.8, 4) is 17.2 Å². The third kappa shape index (κ3) is 20.8. The van der Waals surface area contributed by atoms with Crippen molar-refractivity contribution in [1.29, 1.82) is 0 Å². The molecule has 0 fully saturated rings. The largest absolute Gasteiger partial charge is 0.490 e. The molecule has 0 spiro atoms. The zero-order valence-corrected chi connectivity index (χ0v) is 40.8. The summed E-state index contributed by atoms with van der Waals surface area (Å²) >= 11 is 0. The Labute approximate surface area is 390 Å². The summed E-state index contributed by atoms with van der Waals surface area (Å²) in [6.07, 6.45) is 39.7. The molecule has 354 valence electrons. The Morgan fingerprint density at radius 2 is 0.797 bits per heavy atom. The van der Waals surface area contributed by atoms with E-state index in [4.69, 9.17) is 14.2 Å². The molecule has 1 N–H and O–H groups in total. The predicted molar refractivity (Wildman–Crippen MR) is 275 cm³/mol. The molecule has 0 radical (unpaired) electrons. The second-order valence-corrected chi connectivity index (χ2v) is 18.3. The minimum Gasteiger partial charge on any atom is -0.490 e. The fourth-order valence-corrected chi connectivity index (χ4v) is 8.78. The van der Waals surface area contributed by atoms with Gasteiger partial charge in [0.15, 0.2) is 11.5 Å². The van der Waals surface area contributed by atoms with Crippen LogP contribution in [0.15, 0.2) is 71.8 Å². The van der Waals surface area contributed by atoms with Gasteiger partial charge < -0.3 is 14.2 Å². The number of rotatable bonds is 39. The third-order valence-corrected chi connectivity index (χ3v) is 12.7. The summed E-state index contributed by atoms with van der Waals surface area (Å²) in [5.41, 5.74) is 4.27. The standard InChI is InChI=1S/C58H88N2O4/c1-4-7-10-13-16-19-22-25-28-35-42-62-55-46-51(58(61)60-59-48-54-52-40-33-31-38-49(52)45-50-39-32-34-41-53(50)54)47-56(63-43-36-29-26-23-20-17-14-11-8-5-2)57(55)64-44-37-30-27-24-21-18-15-12-9-6-3/h31-34,38-41,45-48H,4-30,35-37,42-44H2,1-3H3,(H,60,61)/b59-48+. The molecule has 0 saturated carbocycles. The lowest BCUT2D eigenvalue weighted by molar-refractivity contribution is 0.0954. The number of nitrogens with zero attached hydrogens (tertiary/aromatic N) is 1. The molecule has 0 aromatic heterocycles. The Bertz CT molecular complexity index is 1750. The van der Waals surface area contributed by atoms with Gasteiger partial charge in [-0.25, -0.2) is 5.43 Å². The quantitative estimate of drug-likeness (QED) is 0.0210. The van der Waals surface area contributed by atoms with E-state index in [1.54, 1.807) is 6.21 Å². The molecule has 0 saturated heterocycles. The van der Waals surface area contributed by atoms with Crippen LogP contribution in [0.4, 0.5) is 0 Å². The van der Waals surface area contributed by atoms with Gasteiger partial charge in [-0.15, -0.1) is 0 Å². The molecule has 0 unspecified atom stereocenters. The van der Waals surface area contributed by atoms with Crippen LogP contribution < -0.4 is 19.6 Å². The number of nitrogens with one attached hydrogen (secondary N) is 1. The van der Waals surface area contributed by atoms with E-state index in [2.05, 4.69) is 73.8 Å². The van der Waals surface area contributed by atoms with Gasteiger partial charge in [-0.2, -0.15) is 5.10 Å². The van der Waals surface area contributed by atoms with Gasteiger partial charge in [-0.3, -0.25) is 4.79 Å². The number of benzene rings is 4. The second-order valence-electron chi connectivity index (χ2n) is 18.3. The van der Waals surface area contributed by atoms with Crippen LogP contribution in [0.5, 0.6) is 17.2 Å². The first-order valence-corrected chi connectivity index (χ1v) is 26.5. The minimum atomic E-state index is -0.311. The summed E-state index contributed by atoms with van der Waals surface area (Å²) in [5.74, 6) is 1.47. The fourth-order valence-electron chi connectivity index (χ4n) is 8.78. The van der Waals surface area contributed by atoms with Crippen LogP contribution in [0, 0.1) is 0 Å². The van der Waals surface area contributed by atoms with Gasteiger partial charge in [-0.05, 0) is 59.0 Å². The average Bonchev–Trinajstić information content (AvgIpc) is 3.31. The Kier molecular flexibility index (Phi) is 28.2. The molecule has 0 aliphatic heterocycles. The number of unbranched alkanes of at least 4 members (excludes halogenated alkanes) is 27. The number of hydrogen-bond acceptors (Lipinski definition) is 5. The lowest BCUT2D eigenvalue weighted by Gasteiger charge is -2.19. The molecular formula is C58H88N2O4.